The fraction of sp³-hybridized carbons (Fsp3) is 1.00. The van der Waals surface area contributed by atoms with Gasteiger partial charge in [0.15, 0.2) is 0 Å². The van der Waals surface area contributed by atoms with Gasteiger partial charge in [-0.15, -0.1) is 0 Å². The lowest BCUT2D eigenvalue weighted by Crippen LogP contribution is -2.34. The maximum Gasteiger partial charge on any atom is 0.00746 e. The zero-order valence-electron chi connectivity index (χ0n) is 8.44. The standard InChI is InChI=1S/C10H21N/c1-7(2)11-8(3)9-6-10(9,4)5/h7-9,11H,6H2,1-5H3. The highest BCUT2D eigenvalue weighted by molar-refractivity contribution is 5.00. The van der Waals surface area contributed by atoms with Crippen LogP contribution >= 0.6 is 0 Å². The third-order valence-electron chi connectivity index (χ3n) is 2.79. The van der Waals surface area contributed by atoms with E-state index in [9.17, 15) is 0 Å². The Morgan fingerprint density at radius 3 is 2.00 bits per heavy atom. The van der Waals surface area contributed by atoms with Crippen molar-refractivity contribution in [1.82, 2.24) is 5.32 Å². The van der Waals surface area contributed by atoms with Crippen molar-refractivity contribution in [3.8, 4) is 0 Å². The number of rotatable bonds is 3. The van der Waals surface area contributed by atoms with Crippen molar-refractivity contribution in [3.63, 3.8) is 0 Å². The Balaban J connectivity index is 2.28. The summed E-state index contributed by atoms with van der Waals surface area (Å²) in [4.78, 5) is 0. The molecule has 0 aromatic rings. The van der Waals surface area contributed by atoms with E-state index in [1.54, 1.807) is 0 Å². The summed E-state index contributed by atoms with van der Waals surface area (Å²) in [5, 5.41) is 3.56. The molecule has 0 saturated heterocycles. The van der Waals surface area contributed by atoms with E-state index in [1.165, 1.54) is 6.42 Å². The molecule has 1 fully saturated rings. The second-order valence-corrected chi connectivity index (χ2v) is 4.91. The fourth-order valence-corrected chi connectivity index (χ4v) is 2.00. The van der Waals surface area contributed by atoms with Crippen molar-refractivity contribution in [3.05, 3.63) is 0 Å². The summed E-state index contributed by atoms with van der Waals surface area (Å²) in [5.74, 6) is 0.907. The second kappa shape index (κ2) is 2.78. The first-order chi connectivity index (χ1) is 4.93. The molecule has 1 rings (SSSR count). The molecule has 0 aliphatic heterocycles. The predicted octanol–water partition coefficient (Wildman–Crippen LogP) is 2.42. The average Bonchev–Trinajstić information content (AvgIpc) is 2.38. The van der Waals surface area contributed by atoms with Gasteiger partial charge in [-0.05, 0) is 24.7 Å². The molecule has 1 saturated carbocycles. The van der Waals surface area contributed by atoms with Crippen molar-refractivity contribution in [2.24, 2.45) is 11.3 Å². The van der Waals surface area contributed by atoms with Crippen LogP contribution in [0.15, 0.2) is 0 Å². The quantitative estimate of drug-likeness (QED) is 0.660. The molecular formula is C10H21N. The summed E-state index contributed by atoms with van der Waals surface area (Å²) in [5.41, 5.74) is 0.612. The Bertz CT molecular complexity index is 138. The average molecular weight is 155 g/mol. The molecule has 1 heteroatoms. The van der Waals surface area contributed by atoms with Gasteiger partial charge in [-0.1, -0.05) is 27.7 Å². The lowest BCUT2D eigenvalue weighted by Gasteiger charge is -2.18. The van der Waals surface area contributed by atoms with Crippen LogP contribution in [0.5, 0.6) is 0 Å². The molecule has 66 valence electrons. The number of hydrogen-bond acceptors (Lipinski definition) is 1. The Morgan fingerprint density at radius 1 is 1.27 bits per heavy atom. The molecule has 0 radical (unpaired) electrons. The van der Waals surface area contributed by atoms with Gasteiger partial charge in [0.05, 0.1) is 0 Å². The molecule has 0 spiro atoms. The van der Waals surface area contributed by atoms with Crippen LogP contribution in [0, 0.1) is 11.3 Å². The van der Waals surface area contributed by atoms with Crippen LogP contribution in [0.3, 0.4) is 0 Å². The summed E-state index contributed by atoms with van der Waals surface area (Å²) in [7, 11) is 0. The molecule has 0 aromatic heterocycles. The van der Waals surface area contributed by atoms with Gasteiger partial charge in [0.2, 0.25) is 0 Å². The van der Waals surface area contributed by atoms with E-state index >= 15 is 0 Å². The summed E-state index contributed by atoms with van der Waals surface area (Å²) < 4.78 is 0. The normalized spacial score (nSPS) is 30.5. The van der Waals surface area contributed by atoms with Crippen LogP contribution in [0.4, 0.5) is 0 Å². The maximum atomic E-state index is 3.56. The zero-order chi connectivity index (χ0) is 8.65. The predicted molar refractivity (Wildman–Crippen MR) is 49.6 cm³/mol. The van der Waals surface area contributed by atoms with Crippen molar-refractivity contribution < 1.29 is 0 Å². The van der Waals surface area contributed by atoms with Crippen LogP contribution < -0.4 is 5.32 Å². The molecule has 0 bridgehead atoms. The second-order valence-electron chi connectivity index (χ2n) is 4.91. The first kappa shape index (κ1) is 9.05. The molecule has 1 aliphatic rings. The monoisotopic (exact) mass is 155 g/mol. The molecule has 1 N–H and O–H groups in total. The molecule has 1 aliphatic carbocycles. The highest BCUT2D eigenvalue weighted by Crippen LogP contribution is 2.53. The van der Waals surface area contributed by atoms with E-state index in [0.29, 0.717) is 17.5 Å². The summed E-state index contributed by atoms with van der Waals surface area (Å²) >= 11 is 0. The minimum atomic E-state index is 0.612. The number of nitrogens with one attached hydrogen (secondary N) is 1. The Kier molecular flexibility index (Phi) is 2.29. The van der Waals surface area contributed by atoms with Gasteiger partial charge >= 0.3 is 0 Å². The topological polar surface area (TPSA) is 12.0 Å². The zero-order valence-corrected chi connectivity index (χ0v) is 8.44. The Labute approximate surface area is 70.6 Å². The van der Waals surface area contributed by atoms with E-state index in [1.807, 2.05) is 0 Å². The minimum absolute atomic E-state index is 0.612. The van der Waals surface area contributed by atoms with Gasteiger partial charge in [0, 0.05) is 12.1 Å². The molecule has 2 atom stereocenters. The van der Waals surface area contributed by atoms with E-state index in [-0.39, 0.29) is 0 Å². The van der Waals surface area contributed by atoms with Crippen molar-refractivity contribution in [1.29, 1.82) is 0 Å². The van der Waals surface area contributed by atoms with Crippen LogP contribution in [0.1, 0.15) is 41.0 Å². The van der Waals surface area contributed by atoms with Gasteiger partial charge in [-0.3, -0.25) is 0 Å². The van der Waals surface area contributed by atoms with Crippen LogP contribution in [-0.2, 0) is 0 Å². The van der Waals surface area contributed by atoms with E-state index in [4.69, 9.17) is 0 Å². The molecule has 0 heterocycles. The summed E-state index contributed by atoms with van der Waals surface area (Å²) in [6.45, 7) is 11.4. The molecule has 2 unspecified atom stereocenters. The minimum Gasteiger partial charge on any atom is -0.312 e. The van der Waals surface area contributed by atoms with Gasteiger partial charge in [-0.2, -0.15) is 0 Å². The number of hydrogen-bond donors (Lipinski definition) is 1. The first-order valence-electron chi connectivity index (χ1n) is 4.69. The van der Waals surface area contributed by atoms with Gasteiger partial charge in [0.25, 0.3) is 0 Å². The molecule has 11 heavy (non-hydrogen) atoms. The lowest BCUT2D eigenvalue weighted by atomic mass is 10.0. The first-order valence-corrected chi connectivity index (χ1v) is 4.69. The van der Waals surface area contributed by atoms with Gasteiger partial charge < -0.3 is 5.32 Å². The lowest BCUT2D eigenvalue weighted by molar-refractivity contribution is 0.400. The third-order valence-corrected chi connectivity index (χ3v) is 2.79. The smallest absolute Gasteiger partial charge is 0.00746 e. The van der Waals surface area contributed by atoms with Crippen LogP contribution in [0.2, 0.25) is 0 Å². The largest absolute Gasteiger partial charge is 0.312 e. The highest BCUT2D eigenvalue weighted by atomic mass is 15.0. The van der Waals surface area contributed by atoms with E-state index in [0.717, 1.165) is 5.92 Å². The summed E-state index contributed by atoms with van der Waals surface area (Å²) in [6, 6.07) is 1.33. The fourth-order valence-electron chi connectivity index (χ4n) is 2.00. The van der Waals surface area contributed by atoms with E-state index in [2.05, 4.69) is 39.9 Å². The molecule has 0 amide bonds. The molecule has 0 aromatic carbocycles. The highest BCUT2D eigenvalue weighted by Gasteiger charge is 2.48. The molecule has 1 nitrogen and oxygen atoms in total. The van der Waals surface area contributed by atoms with Crippen LogP contribution in [-0.4, -0.2) is 12.1 Å². The SMILES string of the molecule is CC(C)NC(C)C1CC1(C)C. The van der Waals surface area contributed by atoms with Crippen molar-refractivity contribution in [2.45, 2.75) is 53.1 Å². The van der Waals surface area contributed by atoms with Crippen LogP contribution in [0.25, 0.3) is 0 Å². The van der Waals surface area contributed by atoms with Crippen molar-refractivity contribution in [2.75, 3.05) is 0 Å². The molecular weight excluding hydrogens is 134 g/mol. The van der Waals surface area contributed by atoms with Crippen molar-refractivity contribution >= 4 is 0 Å². The van der Waals surface area contributed by atoms with E-state index < -0.39 is 0 Å². The van der Waals surface area contributed by atoms with Gasteiger partial charge in [-0.25, -0.2) is 0 Å². The maximum absolute atomic E-state index is 3.56. The summed E-state index contributed by atoms with van der Waals surface area (Å²) in [6.07, 6.45) is 1.40. The van der Waals surface area contributed by atoms with Gasteiger partial charge in [0.1, 0.15) is 0 Å². The third kappa shape index (κ3) is 2.19. The Hall–Kier alpha value is -0.0400. The Morgan fingerprint density at radius 2 is 1.73 bits per heavy atom.